The molecule has 1 unspecified atom stereocenters. The number of pyridine rings is 1. The molecule has 0 aliphatic heterocycles. The van der Waals surface area contributed by atoms with Crippen molar-refractivity contribution in [1.29, 1.82) is 0 Å². The summed E-state index contributed by atoms with van der Waals surface area (Å²) in [7, 11) is 3.35. The first-order chi connectivity index (χ1) is 18.1. The Balaban J connectivity index is 1.49. The first kappa shape index (κ1) is 27.0. The lowest BCUT2D eigenvalue weighted by Crippen LogP contribution is -2.38. The number of anilines is 1. The summed E-state index contributed by atoms with van der Waals surface area (Å²) in [5.74, 6) is 2.19. The molecule has 0 radical (unpaired) electrons. The molecule has 3 aromatic rings. The largest absolute Gasteiger partial charge is 0.492 e. The van der Waals surface area contributed by atoms with Gasteiger partial charge in [-0.1, -0.05) is 49.4 Å². The zero-order valence-electron chi connectivity index (χ0n) is 22.6. The molecule has 6 nitrogen and oxygen atoms in total. The van der Waals surface area contributed by atoms with Gasteiger partial charge in [0.05, 0.1) is 32.5 Å². The van der Waals surface area contributed by atoms with Crippen LogP contribution in [0.5, 0.6) is 11.5 Å². The van der Waals surface area contributed by atoms with E-state index in [1.807, 2.05) is 24.3 Å². The second-order valence-electron chi connectivity index (χ2n) is 9.74. The van der Waals surface area contributed by atoms with Gasteiger partial charge in [-0.25, -0.2) is 5.06 Å². The highest BCUT2D eigenvalue weighted by molar-refractivity contribution is 5.59. The minimum atomic E-state index is 0.234. The fourth-order valence-electron chi connectivity index (χ4n) is 4.98. The van der Waals surface area contributed by atoms with Gasteiger partial charge in [-0.15, -0.1) is 0 Å². The number of hydrogen-bond donors (Lipinski definition) is 0. The monoisotopic (exact) mass is 504 g/mol. The molecule has 2 aromatic carbocycles. The fraction of sp³-hybridized carbons (Fsp3) is 0.452. The molecule has 0 saturated heterocycles. The maximum atomic E-state index is 6.50. The van der Waals surface area contributed by atoms with Gasteiger partial charge in [0.1, 0.15) is 17.1 Å². The van der Waals surface area contributed by atoms with Crippen molar-refractivity contribution in [2.45, 2.75) is 77.2 Å². The van der Waals surface area contributed by atoms with Crippen LogP contribution in [0.15, 0.2) is 66.9 Å². The maximum absolute atomic E-state index is 6.50. The van der Waals surface area contributed by atoms with E-state index in [1.165, 1.54) is 5.56 Å². The topological polar surface area (TPSA) is 53.1 Å². The highest BCUT2D eigenvalue weighted by Gasteiger charge is 2.30. The van der Waals surface area contributed by atoms with Gasteiger partial charge in [0.2, 0.25) is 0 Å². The van der Waals surface area contributed by atoms with Crippen molar-refractivity contribution in [3.8, 4) is 11.5 Å². The minimum Gasteiger partial charge on any atom is -0.492 e. The Bertz CT molecular complexity index is 1080. The molecule has 1 aromatic heterocycles. The maximum Gasteiger partial charge on any atom is 0.168 e. The van der Waals surface area contributed by atoms with Crippen LogP contribution >= 0.6 is 0 Å². The molecule has 1 aliphatic carbocycles. The molecule has 1 aliphatic rings. The van der Waals surface area contributed by atoms with E-state index in [0.29, 0.717) is 24.9 Å². The number of hydroxylamine groups is 1. The standard InChI is InChI=1S/C31H40N2O4/c1-5-23(2)37-28-17-13-26(14-18-28)25-11-15-27(16-12-25)33(36-21-24-9-7-6-8-10-24)30-19-20-32-29(22-34-3)31(30)35-4/h6-10,13-14,17-20,23,25,27H,5,11-12,15-16,21-22H2,1-4H3. The second-order valence-corrected chi connectivity index (χ2v) is 9.74. The molecule has 198 valence electrons. The van der Waals surface area contributed by atoms with E-state index >= 15 is 0 Å². The van der Waals surface area contributed by atoms with Crippen LogP contribution in [0.25, 0.3) is 0 Å². The van der Waals surface area contributed by atoms with Crippen molar-refractivity contribution in [3.63, 3.8) is 0 Å². The summed E-state index contributed by atoms with van der Waals surface area (Å²) in [6.45, 7) is 5.12. The van der Waals surface area contributed by atoms with E-state index in [1.54, 1.807) is 20.4 Å². The molecular weight excluding hydrogens is 464 g/mol. The van der Waals surface area contributed by atoms with Crippen LogP contribution in [0.2, 0.25) is 0 Å². The molecule has 1 fully saturated rings. The lowest BCUT2D eigenvalue weighted by Gasteiger charge is -2.38. The van der Waals surface area contributed by atoms with Gasteiger partial charge < -0.3 is 14.2 Å². The van der Waals surface area contributed by atoms with Crippen LogP contribution in [-0.4, -0.2) is 31.3 Å². The van der Waals surface area contributed by atoms with Crippen LogP contribution in [0.1, 0.15) is 68.7 Å². The number of methoxy groups -OCH3 is 2. The molecule has 37 heavy (non-hydrogen) atoms. The number of hydrogen-bond acceptors (Lipinski definition) is 6. The van der Waals surface area contributed by atoms with Crippen molar-refractivity contribution >= 4 is 5.69 Å². The predicted molar refractivity (Wildman–Crippen MR) is 147 cm³/mol. The molecule has 0 N–H and O–H groups in total. The Kier molecular flexibility index (Phi) is 9.80. The van der Waals surface area contributed by atoms with E-state index in [-0.39, 0.29) is 12.1 Å². The highest BCUT2D eigenvalue weighted by Crippen LogP contribution is 2.40. The first-order valence-electron chi connectivity index (χ1n) is 13.4. The molecule has 0 bridgehead atoms. The van der Waals surface area contributed by atoms with Gasteiger partial charge in [0.25, 0.3) is 0 Å². The molecule has 6 heteroatoms. The quantitative estimate of drug-likeness (QED) is 0.246. The lowest BCUT2D eigenvalue weighted by atomic mass is 9.81. The molecule has 1 saturated carbocycles. The van der Waals surface area contributed by atoms with Crippen LogP contribution in [0.3, 0.4) is 0 Å². The number of rotatable bonds is 12. The third kappa shape index (κ3) is 7.02. The molecule has 4 rings (SSSR count). The molecule has 0 amide bonds. The lowest BCUT2D eigenvalue weighted by molar-refractivity contribution is 0.0611. The fourth-order valence-corrected chi connectivity index (χ4v) is 4.98. The minimum absolute atomic E-state index is 0.234. The summed E-state index contributed by atoms with van der Waals surface area (Å²) in [4.78, 5) is 11.0. The van der Waals surface area contributed by atoms with Gasteiger partial charge in [0, 0.05) is 13.3 Å². The summed E-state index contributed by atoms with van der Waals surface area (Å²) >= 11 is 0. The van der Waals surface area contributed by atoms with E-state index in [4.69, 9.17) is 19.0 Å². The van der Waals surface area contributed by atoms with Crippen molar-refractivity contribution in [1.82, 2.24) is 4.98 Å². The normalized spacial score (nSPS) is 18.3. The predicted octanol–water partition coefficient (Wildman–Crippen LogP) is 7.08. The molecule has 1 atom stereocenters. The van der Waals surface area contributed by atoms with Crippen molar-refractivity contribution in [3.05, 3.63) is 83.7 Å². The number of aromatic nitrogens is 1. The van der Waals surface area contributed by atoms with Gasteiger partial charge in [-0.2, -0.15) is 0 Å². The first-order valence-corrected chi connectivity index (χ1v) is 13.4. The number of benzene rings is 2. The second kappa shape index (κ2) is 13.5. The van der Waals surface area contributed by atoms with Crippen LogP contribution in [0.4, 0.5) is 5.69 Å². The summed E-state index contributed by atoms with van der Waals surface area (Å²) in [5.41, 5.74) is 4.18. The van der Waals surface area contributed by atoms with E-state index in [0.717, 1.165) is 54.8 Å². The summed E-state index contributed by atoms with van der Waals surface area (Å²) in [5, 5.41) is 2.06. The van der Waals surface area contributed by atoms with Crippen molar-refractivity contribution in [2.24, 2.45) is 0 Å². The summed E-state index contributed by atoms with van der Waals surface area (Å²) in [6, 6.07) is 21.2. The van der Waals surface area contributed by atoms with Crippen molar-refractivity contribution < 1.29 is 19.0 Å². The Morgan fingerprint density at radius 2 is 1.65 bits per heavy atom. The Hall–Kier alpha value is -3.09. The molecule has 0 spiro atoms. The summed E-state index contributed by atoms with van der Waals surface area (Å²) in [6.07, 6.45) is 7.28. The van der Waals surface area contributed by atoms with Gasteiger partial charge >= 0.3 is 0 Å². The number of nitrogens with zero attached hydrogens (tertiary/aromatic N) is 2. The van der Waals surface area contributed by atoms with Gasteiger partial charge in [0.15, 0.2) is 5.75 Å². The van der Waals surface area contributed by atoms with Crippen LogP contribution < -0.4 is 14.5 Å². The highest BCUT2D eigenvalue weighted by atomic mass is 16.7. The Morgan fingerprint density at radius 3 is 2.30 bits per heavy atom. The Morgan fingerprint density at radius 1 is 0.919 bits per heavy atom. The Labute approximate surface area is 221 Å². The van der Waals surface area contributed by atoms with Gasteiger partial charge in [-0.05, 0) is 74.3 Å². The van der Waals surface area contributed by atoms with Gasteiger partial charge in [-0.3, -0.25) is 9.82 Å². The zero-order valence-corrected chi connectivity index (χ0v) is 22.6. The van der Waals surface area contributed by atoms with E-state index in [2.05, 4.69) is 60.3 Å². The zero-order chi connectivity index (χ0) is 26.0. The van der Waals surface area contributed by atoms with E-state index < -0.39 is 0 Å². The van der Waals surface area contributed by atoms with E-state index in [9.17, 15) is 0 Å². The number of ether oxygens (including phenoxy) is 3. The third-order valence-corrected chi connectivity index (χ3v) is 7.19. The van der Waals surface area contributed by atoms with Crippen molar-refractivity contribution in [2.75, 3.05) is 19.3 Å². The third-order valence-electron chi connectivity index (χ3n) is 7.19. The van der Waals surface area contributed by atoms with Crippen LogP contribution in [0, 0.1) is 0 Å². The summed E-state index contributed by atoms with van der Waals surface area (Å²) < 4.78 is 17.1. The molecular formula is C31H40N2O4. The average molecular weight is 505 g/mol. The SMILES string of the molecule is CCC(C)Oc1ccc(C2CCC(N(OCc3ccccc3)c3ccnc(COC)c3OC)CC2)cc1. The smallest absolute Gasteiger partial charge is 0.168 e. The molecule has 1 heterocycles. The van der Waals surface area contributed by atoms with Crippen LogP contribution in [-0.2, 0) is 22.8 Å². The average Bonchev–Trinajstić information content (AvgIpc) is 2.95.